The number of nitro groups is 1. The van der Waals surface area contributed by atoms with Gasteiger partial charge in [0.05, 0.1) is 4.92 Å². The summed E-state index contributed by atoms with van der Waals surface area (Å²) in [5.41, 5.74) is 5.57. The predicted molar refractivity (Wildman–Crippen MR) is 93.8 cm³/mol. The SMILES string of the molecule is O=C(NNC(=O)c1cccc([N+](=O)[O-])c1)c1cccc(-n2cccc2)c1. The van der Waals surface area contributed by atoms with Gasteiger partial charge in [-0.3, -0.25) is 30.6 Å². The molecule has 2 amide bonds. The van der Waals surface area contributed by atoms with E-state index in [0.717, 1.165) is 11.8 Å². The fourth-order valence-corrected chi connectivity index (χ4v) is 2.33. The number of nitro benzene ring substituents is 1. The Hall–Kier alpha value is -3.94. The highest BCUT2D eigenvalue weighted by Gasteiger charge is 2.13. The van der Waals surface area contributed by atoms with Crippen molar-refractivity contribution in [1.82, 2.24) is 15.4 Å². The molecule has 2 aromatic carbocycles. The topological polar surface area (TPSA) is 106 Å². The highest BCUT2D eigenvalue weighted by Crippen LogP contribution is 2.13. The van der Waals surface area contributed by atoms with Gasteiger partial charge in [0.1, 0.15) is 0 Å². The average molecular weight is 350 g/mol. The van der Waals surface area contributed by atoms with E-state index in [4.69, 9.17) is 0 Å². The first-order valence-electron chi connectivity index (χ1n) is 7.63. The molecule has 0 aliphatic heterocycles. The van der Waals surface area contributed by atoms with Crippen LogP contribution in [0.1, 0.15) is 20.7 Å². The zero-order valence-electron chi connectivity index (χ0n) is 13.5. The molecule has 0 aliphatic rings. The number of nitrogens with zero attached hydrogens (tertiary/aromatic N) is 2. The Morgan fingerprint density at radius 2 is 1.42 bits per heavy atom. The summed E-state index contributed by atoms with van der Waals surface area (Å²) in [5, 5.41) is 10.8. The van der Waals surface area contributed by atoms with Gasteiger partial charge in [-0.1, -0.05) is 12.1 Å². The lowest BCUT2D eigenvalue weighted by Gasteiger charge is -2.09. The van der Waals surface area contributed by atoms with Crippen molar-refractivity contribution in [2.24, 2.45) is 0 Å². The molecule has 3 aromatic rings. The maximum atomic E-state index is 12.2. The molecule has 1 aromatic heterocycles. The molecule has 130 valence electrons. The van der Waals surface area contributed by atoms with Crippen LogP contribution in [0.3, 0.4) is 0 Å². The smallest absolute Gasteiger partial charge is 0.270 e. The van der Waals surface area contributed by atoms with Crippen LogP contribution in [0.15, 0.2) is 73.1 Å². The third-order valence-corrected chi connectivity index (χ3v) is 3.62. The van der Waals surface area contributed by atoms with Crippen LogP contribution >= 0.6 is 0 Å². The largest absolute Gasteiger partial charge is 0.324 e. The molecule has 0 fully saturated rings. The average Bonchev–Trinajstić information content (AvgIpc) is 3.21. The van der Waals surface area contributed by atoms with Crippen molar-refractivity contribution < 1.29 is 14.5 Å². The summed E-state index contributed by atoms with van der Waals surface area (Å²) in [6.45, 7) is 0. The molecule has 0 atom stereocenters. The predicted octanol–water partition coefficient (Wildman–Crippen LogP) is 2.46. The summed E-state index contributed by atoms with van der Waals surface area (Å²) in [6.07, 6.45) is 3.70. The quantitative estimate of drug-likeness (QED) is 0.557. The highest BCUT2D eigenvalue weighted by molar-refractivity contribution is 5.99. The second-order valence-corrected chi connectivity index (χ2v) is 5.36. The lowest BCUT2D eigenvalue weighted by molar-refractivity contribution is -0.384. The van der Waals surface area contributed by atoms with E-state index in [1.165, 1.54) is 18.2 Å². The van der Waals surface area contributed by atoms with Crippen LogP contribution in [-0.4, -0.2) is 21.3 Å². The van der Waals surface area contributed by atoms with E-state index in [1.54, 1.807) is 18.2 Å². The lowest BCUT2D eigenvalue weighted by atomic mass is 10.2. The number of nitrogens with one attached hydrogen (secondary N) is 2. The normalized spacial score (nSPS) is 10.2. The van der Waals surface area contributed by atoms with Crippen LogP contribution in [0, 0.1) is 10.1 Å². The Bertz CT molecular complexity index is 967. The molecular formula is C18H14N4O4. The van der Waals surface area contributed by atoms with Gasteiger partial charge < -0.3 is 4.57 Å². The number of hydrogen-bond donors (Lipinski definition) is 2. The van der Waals surface area contributed by atoms with Crippen molar-refractivity contribution >= 4 is 17.5 Å². The molecule has 2 N–H and O–H groups in total. The van der Waals surface area contributed by atoms with Crippen LogP contribution in [0.25, 0.3) is 5.69 Å². The van der Waals surface area contributed by atoms with Crippen LogP contribution in [0.5, 0.6) is 0 Å². The Balaban J connectivity index is 1.67. The molecule has 1 heterocycles. The van der Waals surface area contributed by atoms with Crippen molar-refractivity contribution in [2.75, 3.05) is 0 Å². The third kappa shape index (κ3) is 3.75. The van der Waals surface area contributed by atoms with Gasteiger partial charge in [-0.2, -0.15) is 0 Å². The van der Waals surface area contributed by atoms with E-state index in [-0.39, 0.29) is 11.3 Å². The van der Waals surface area contributed by atoms with Gasteiger partial charge in [0.25, 0.3) is 17.5 Å². The lowest BCUT2D eigenvalue weighted by Crippen LogP contribution is -2.41. The van der Waals surface area contributed by atoms with Gasteiger partial charge in [0.15, 0.2) is 0 Å². The van der Waals surface area contributed by atoms with Gasteiger partial charge in [0.2, 0.25) is 0 Å². The van der Waals surface area contributed by atoms with Crippen molar-refractivity contribution in [3.63, 3.8) is 0 Å². The van der Waals surface area contributed by atoms with E-state index in [9.17, 15) is 19.7 Å². The number of amides is 2. The summed E-state index contributed by atoms with van der Waals surface area (Å²) >= 11 is 0. The molecule has 26 heavy (non-hydrogen) atoms. The molecule has 3 rings (SSSR count). The van der Waals surface area contributed by atoms with E-state index < -0.39 is 16.7 Å². The first-order valence-corrected chi connectivity index (χ1v) is 7.63. The van der Waals surface area contributed by atoms with Gasteiger partial charge in [-0.05, 0) is 36.4 Å². The minimum absolute atomic E-state index is 0.0700. The Labute approximate surface area is 148 Å². The summed E-state index contributed by atoms with van der Waals surface area (Å²) < 4.78 is 1.85. The van der Waals surface area contributed by atoms with Crippen molar-refractivity contribution in [3.05, 3.63) is 94.3 Å². The van der Waals surface area contributed by atoms with Crippen molar-refractivity contribution in [2.45, 2.75) is 0 Å². The number of non-ortho nitro benzene ring substituents is 1. The molecule has 0 saturated heterocycles. The fourth-order valence-electron chi connectivity index (χ4n) is 2.33. The molecule has 0 aliphatic carbocycles. The third-order valence-electron chi connectivity index (χ3n) is 3.62. The summed E-state index contributed by atoms with van der Waals surface area (Å²) in [5.74, 6) is -1.15. The number of hydrazine groups is 1. The van der Waals surface area contributed by atoms with Crippen LogP contribution in [0.4, 0.5) is 5.69 Å². The maximum absolute atomic E-state index is 12.2. The Kier molecular flexibility index (Phi) is 4.75. The number of aromatic nitrogens is 1. The second-order valence-electron chi connectivity index (χ2n) is 5.36. The summed E-state index contributed by atoms with van der Waals surface area (Å²) in [4.78, 5) is 34.5. The number of hydrogen-bond acceptors (Lipinski definition) is 4. The second kappa shape index (κ2) is 7.31. The number of rotatable bonds is 4. The minimum atomic E-state index is -0.649. The van der Waals surface area contributed by atoms with Crippen molar-refractivity contribution in [3.8, 4) is 5.69 Å². The number of carbonyl (C=O) groups is 2. The van der Waals surface area contributed by atoms with Gasteiger partial charge in [-0.25, -0.2) is 0 Å². The van der Waals surface area contributed by atoms with Gasteiger partial charge >= 0.3 is 0 Å². The fraction of sp³-hybridized carbons (Fsp3) is 0. The molecule has 0 unspecified atom stereocenters. The number of benzene rings is 2. The Morgan fingerprint density at radius 3 is 2.04 bits per heavy atom. The van der Waals surface area contributed by atoms with Crippen LogP contribution in [-0.2, 0) is 0 Å². The van der Waals surface area contributed by atoms with Gasteiger partial charge in [0, 0.05) is 41.3 Å². The Morgan fingerprint density at radius 1 is 0.846 bits per heavy atom. The highest BCUT2D eigenvalue weighted by atomic mass is 16.6. The zero-order chi connectivity index (χ0) is 18.5. The van der Waals surface area contributed by atoms with Crippen LogP contribution in [0.2, 0.25) is 0 Å². The molecular weight excluding hydrogens is 336 g/mol. The summed E-state index contributed by atoms with van der Waals surface area (Å²) in [7, 11) is 0. The molecule has 0 bridgehead atoms. The first kappa shape index (κ1) is 16.9. The van der Waals surface area contributed by atoms with E-state index >= 15 is 0 Å². The zero-order valence-corrected chi connectivity index (χ0v) is 13.5. The standard InChI is InChI=1S/C18H14N4O4/c23-17(13-5-3-7-15(11-13)21-9-1-2-10-21)19-20-18(24)14-6-4-8-16(12-14)22(25)26/h1-12H,(H,19,23)(H,20,24). The summed E-state index contributed by atoms with van der Waals surface area (Å²) in [6, 6.07) is 15.8. The molecule has 8 heteroatoms. The minimum Gasteiger partial charge on any atom is -0.324 e. The molecule has 0 radical (unpaired) electrons. The monoisotopic (exact) mass is 350 g/mol. The van der Waals surface area contributed by atoms with E-state index in [0.29, 0.717) is 5.56 Å². The van der Waals surface area contributed by atoms with Crippen LogP contribution < -0.4 is 10.9 Å². The maximum Gasteiger partial charge on any atom is 0.270 e. The molecule has 0 saturated carbocycles. The number of carbonyl (C=O) groups excluding carboxylic acids is 2. The van der Waals surface area contributed by atoms with Gasteiger partial charge in [-0.15, -0.1) is 0 Å². The van der Waals surface area contributed by atoms with E-state index in [1.807, 2.05) is 35.2 Å². The molecule has 8 nitrogen and oxygen atoms in total. The molecule has 0 spiro atoms. The van der Waals surface area contributed by atoms with E-state index in [2.05, 4.69) is 10.9 Å². The van der Waals surface area contributed by atoms with Crippen molar-refractivity contribution in [1.29, 1.82) is 0 Å². The first-order chi connectivity index (χ1) is 12.5.